The molecule has 7 heteroatoms. The minimum Gasteiger partial charge on any atom is -0.356 e. The van der Waals surface area contributed by atoms with Gasteiger partial charge in [-0.05, 0) is 25.7 Å². The molecule has 2 saturated heterocycles. The number of aromatic nitrogens is 4. The highest BCUT2D eigenvalue weighted by molar-refractivity contribution is 5.48. The molecular formula is C18H24N6O. The first kappa shape index (κ1) is 16.2. The van der Waals surface area contributed by atoms with Crippen molar-refractivity contribution in [1.82, 2.24) is 24.4 Å². The fraction of sp³-hybridized carbons (Fsp3) is 0.556. The Morgan fingerprint density at radius 2 is 1.80 bits per heavy atom. The van der Waals surface area contributed by atoms with E-state index in [1.807, 2.05) is 6.92 Å². The van der Waals surface area contributed by atoms with Crippen molar-refractivity contribution in [2.75, 3.05) is 31.1 Å². The zero-order chi connectivity index (χ0) is 17.6. The molecule has 2 fully saturated rings. The van der Waals surface area contributed by atoms with E-state index in [9.17, 15) is 4.79 Å². The van der Waals surface area contributed by atoms with Crippen LogP contribution in [0.3, 0.4) is 0 Å². The molecule has 0 N–H and O–H groups in total. The van der Waals surface area contributed by atoms with Crippen LogP contribution in [0.2, 0.25) is 0 Å². The van der Waals surface area contributed by atoms with Gasteiger partial charge in [-0.1, -0.05) is 0 Å². The Morgan fingerprint density at radius 3 is 2.52 bits per heavy atom. The number of aryl methyl sites for hydroxylation is 2. The van der Waals surface area contributed by atoms with Crippen LogP contribution in [0.25, 0.3) is 0 Å². The molecule has 0 aliphatic carbocycles. The molecule has 7 nitrogen and oxygen atoms in total. The van der Waals surface area contributed by atoms with Gasteiger partial charge in [-0.25, -0.2) is 9.97 Å². The van der Waals surface area contributed by atoms with Gasteiger partial charge in [0.1, 0.15) is 17.8 Å². The van der Waals surface area contributed by atoms with Crippen molar-refractivity contribution in [2.24, 2.45) is 18.9 Å². The molecule has 0 radical (unpaired) electrons. The van der Waals surface area contributed by atoms with Gasteiger partial charge < -0.3 is 9.47 Å². The third-order valence-electron chi connectivity index (χ3n) is 5.63. The summed E-state index contributed by atoms with van der Waals surface area (Å²) in [4.78, 5) is 30.0. The van der Waals surface area contributed by atoms with Crippen molar-refractivity contribution in [3.05, 3.63) is 46.0 Å². The van der Waals surface area contributed by atoms with Gasteiger partial charge in [-0.3, -0.25) is 14.7 Å². The Hall–Kier alpha value is -2.28. The normalized spacial score (nSPS) is 23.2. The summed E-state index contributed by atoms with van der Waals surface area (Å²) in [7, 11) is 1.77. The van der Waals surface area contributed by atoms with Gasteiger partial charge in [0, 0.05) is 63.4 Å². The molecule has 0 amide bonds. The van der Waals surface area contributed by atoms with Crippen LogP contribution in [0.15, 0.2) is 23.5 Å². The molecule has 2 aromatic heterocycles. The average Bonchev–Trinajstić information content (AvgIpc) is 3.13. The number of rotatable bonds is 3. The van der Waals surface area contributed by atoms with Crippen molar-refractivity contribution >= 4 is 5.82 Å². The predicted octanol–water partition coefficient (Wildman–Crippen LogP) is 0.755. The van der Waals surface area contributed by atoms with E-state index in [1.54, 1.807) is 30.3 Å². The van der Waals surface area contributed by atoms with Crippen LogP contribution in [0, 0.1) is 25.7 Å². The third kappa shape index (κ3) is 2.93. The number of nitrogens with zero attached hydrogens (tertiary/aromatic N) is 6. The van der Waals surface area contributed by atoms with E-state index in [2.05, 4.69) is 31.7 Å². The molecule has 132 valence electrons. The van der Waals surface area contributed by atoms with E-state index in [0.717, 1.165) is 37.7 Å². The van der Waals surface area contributed by atoms with E-state index in [0.29, 0.717) is 24.1 Å². The molecule has 25 heavy (non-hydrogen) atoms. The number of hydrogen-bond acceptors (Lipinski definition) is 6. The van der Waals surface area contributed by atoms with Crippen molar-refractivity contribution in [3.8, 4) is 0 Å². The summed E-state index contributed by atoms with van der Waals surface area (Å²) >= 11 is 0. The van der Waals surface area contributed by atoms with Gasteiger partial charge in [-0.2, -0.15) is 0 Å². The Labute approximate surface area is 147 Å². The summed E-state index contributed by atoms with van der Waals surface area (Å²) in [5, 5.41) is 0. The molecule has 2 atom stereocenters. The topological polar surface area (TPSA) is 67.2 Å². The first-order valence-corrected chi connectivity index (χ1v) is 8.79. The van der Waals surface area contributed by atoms with Gasteiger partial charge in [0.25, 0.3) is 5.56 Å². The minimum absolute atomic E-state index is 0.00766. The highest BCUT2D eigenvalue weighted by atomic mass is 16.1. The SMILES string of the molecule is Cc1ncnc(N2CC3CN(Cc4nccn(C)c4=O)CC3C2)c1C. The molecule has 2 aliphatic heterocycles. The molecule has 0 spiro atoms. The number of fused-ring (bicyclic) bond motifs is 1. The van der Waals surface area contributed by atoms with Gasteiger partial charge in [0.15, 0.2) is 0 Å². The highest BCUT2D eigenvalue weighted by Gasteiger charge is 2.40. The molecule has 2 aromatic rings. The lowest BCUT2D eigenvalue weighted by Gasteiger charge is -2.23. The molecule has 4 rings (SSSR count). The van der Waals surface area contributed by atoms with Crippen molar-refractivity contribution in [1.29, 1.82) is 0 Å². The summed E-state index contributed by atoms with van der Waals surface area (Å²) in [5.74, 6) is 2.33. The van der Waals surface area contributed by atoms with E-state index in [4.69, 9.17) is 0 Å². The maximum atomic E-state index is 12.2. The van der Waals surface area contributed by atoms with Gasteiger partial charge >= 0.3 is 0 Å². The lowest BCUT2D eigenvalue weighted by atomic mass is 10.0. The number of hydrogen-bond donors (Lipinski definition) is 0. The predicted molar refractivity (Wildman–Crippen MR) is 95.5 cm³/mol. The van der Waals surface area contributed by atoms with E-state index < -0.39 is 0 Å². The largest absolute Gasteiger partial charge is 0.356 e. The maximum absolute atomic E-state index is 12.2. The van der Waals surface area contributed by atoms with E-state index in [1.165, 1.54) is 5.56 Å². The molecular weight excluding hydrogens is 316 g/mol. The van der Waals surface area contributed by atoms with E-state index in [-0.39, 0.29) is 5.56 Å². The third-order valence-corrected chi connectivity index (χ3v) is 5.63. The first-order chi connectivity index (χ1) is 12.0. The first-order valence-electron chi connectivity index (χ1n) is 8.79. The Kier molecular flexibility index (Phi) is 4.03. The monoisotopic (exact) mass is 340 g/mol. The fourth-order valence-electron chi connectivity index (χ4n) is 4.11. The van der Waals surface area contributed by atoms with Gasteiger partial charge in [0.2, 0.25) is 0 Å². The smallest absolute Gasteiger partial charge is 0.273 e. The fourth-order valence-corrected chi connectivity index (χ4v) is 4.11. The molecule has 0 aromatic carbocycles. The second kappa shape index (κ2) is 6.22. The standard InChI is InChI=1S/C18H24N6O/c1-12-13(2)20-11-21-17(12)24-8-14-6-23(7-15(14)9-24)10-16-18(25)22(3)5-4-19-16/h4-5,11,14-15H,6-10H2,1-3H3. The van der Waals surface area contributed by atoms with Crippen LogP contribution in [0.5, 0.6) is 0 Å². The zero-order valence-corrected chi connectivity index (χ0v) is 15.0. The molecule has 2 unspecified atom stereocenters. The van der Waals surface area contributed by atoms with Crippen LogP contribution in [0.4, 0.5) is 5.82 Å². The second-order valence-electron chi connectivity index (χ2n) is 7.32. The van der Waals surface area contributed by atoms with Crippen molar-refractivity contribution in [3.63, 3.8) is 0 Å². The molecule has 0 saturated carbocycles. The van der Waals surface area contributed by atoms with Crippen LogP contribution >= 0.6 is 0 Å². The van der Waals surface area contributed by atoms with E-state index >= 15 is 0 Å². The second-order valence-corrected chi connectivity index (χ2v) is 7.32. The zero-order valence-electron chi connectivity index (χ0n) is 15.0. The Balaban J connectivity index is 1.43. The summed E-state index contributed by atoms with van der Waals surface area (Å²) in [6, 6.07) is 0. The summed E-state index contributed by atoms with van der Waals surface area (Å²) < 4.78 is 1.60. The molecule has 0 bridgehead atoms. The van der Waals surface area contributed by atoms with Crippen LogP contribution in [-0.2, 0) is 13.6 Å². The Bertz CT molecular complexity index is 834. The molecule has 4 heterocycles. The van der Waals surface area contributed by atoms with Gasteiger partial charge in [-0.15, -0.1) is 0 Å². The van der Waals surface area contributed by atoms with Crippen LogP contribution in [0.1, 0.15) is 17.0 Å². The van der Waals surface area contributed by atoms with Crippen molar-refractivity contribution in [2.45, 2.75) is 20.4 Å². The van der Waals surface area contributed by atoms with Crippen molar-refractivity contribution < 1.29 is 0 Å². The maximum Gasteiger partial charge on any atom is 0.273 e. The lowest BCUT2D eigenvalue weighted by Crippen LogP contribution is -2.32. The quantitative estimate of drug-likeness (QED) is 0.822. The van der Waals surface area contributed by atoms with Crippen LogP contribution in [-0.4, -0.2) is 50.6 Å². The number of likely N-dealkylation sites (tertiary alicyclic amines) is 1. The molecule has 2 aliphatic rings. The summed E-state index contributed by atoms with van der Waals surface area (Å²) in [5.41, 5.74) is 2.88. The highest BCUT2D eigenvalue weighted by Crippen LogP contribution is 2.34. The minimum atomic E-state index is 0.00766. The average molecular weight is 340 g/mol. The number of anilines is 1. The lowest BCUT2D eigenvalue weighted by molar-refractivity contribution is 0.302. The summed E-state index contributed by atoms with van der Waals surface area (Å²) in [6.45, 7) is 8.87. The van der Waals surface area contributed by atoms with Crippen LogP contribution < -0.4 is 10.5 Å². The van der Waals surface area contributed by atoms with Gasteiger partial charge in [0.05, 0.1) is 0 Å². The summed E-state index contributed by atoms with van der Waals surface area (Å²) in [6.07, 6.45) is 5.07. The Morgan fingerprint density at radius 1 is 1.08 bits per heavy atom.